The number of aromatic amines is 1. The van der Waals surface area contributed by atoms with E-state index in [9.17, 15) is 18.4 Å². The zero-order valence-electron chi connectivity index (χ0n) is 12.1. The van der Waals surface area contributed by atoms with E-state index >= 15 is 0 Å². The minimum absolute atomic E-state index is 0.0832. The number of carbonyl (C=O) groups is 1. The van der Waals surface area contributed by atoms with Crippen molar-refractivity contribution >= 4 is 17.2 Å². The molecular formula is C13H15F2N3O3S. The van der Waals surface area contributed by atoms with E-state index in [-0.39, 0.29) is 16.3 Å². The normalized spacial score (nSPS) is 13.4. The Bertz CT molecular complexity index is 714. The smallest absolute Gasteiger partial charge is 0.341 e. The largest absolute Gasteiger partial charge is 0.438 e. The molecule has 2 aromatic rings. The molecule has 9 heteroatoms. The van der Waals surface area contributed by atoms with Gasteiger partial charge in [0.2, 0.25) is 0 Å². The van der Waals surface area contributed by atoms with Crippen LogP contribution in [0.5, 0.6) is 0 Å². The molecule has 0 bridgehead atoms. The van der Waals surface area contributed by atoms with Gasteiger partial charge in [0.15, 0.2) is 5.82 Å². The zero-order valence-corrected chi connectivity index (χ0v) is 13.0. The lowest BCUT2D eigenvalue weighted by Crippen LogP contribution is -2.37. The van der Waals surface area contributed by atoms with Crippen LogP contribution in [0.25, 0.3) is 0 Å². The number of alkyl halides is 2. The van der Waals surface area contributed by atoms with E-state index in [1.807, 2.05) is 20.8 Å². The number of halogens is 2. The molecule has 0 radical (unpaired) electrons. The van der Waals surface area contributed by atoms with Gasteiger partial charge in [-0.15, -0.1) is 11.3 Å². The van der Waals surface area contributed by atoms with E-state index in [1.165, 1.54) is 11.4 Å². The molecule has 0 aromatic carbocycles. The van der Waals surface area contributed by atoms with Crippen molar-refractivity contribution in [2.24, 2.45) is 5.41 Å². The Morgan fingerprint density at radius 2 is 2.14 bits per heavy atom. The lowest BCUT2D eigenvalue weighted by Gasteiger charge is -2.29. The molecule has 1 atom stereocenters. The van der Waals surface area contributed by atoms with Gasteiger partial charge in [0.05, 0.1) is 16.5 Å². The Kier molecular flexibility index (Phi) is 4.45. The fraction of sp³-hybridized carbons (Fsp3) is 0.462. The number of rotatable bonds is 4. The second kappa shape index (κ2) is 5.99. The second-order valence-corrected chi connectivity index (χ2v) is 6.70. The first-order valence-corrected chi connectivity index (χ1v) is 7.30. The first-order chi connectivity index (χ1) is 10.2. The number of thiophene rings is 1. The summed E-state index contributed by atoms with van der Waals surface area (Å²) < 4.78 is 30.2. The van der Waals surface area contributed by atoms with E-state index in [0.717, 1.165) is 11.3 Å². The highest BCUT2D eigenvalue weighted by Crippen LogP contribution is 2.32. The average molecular weight is 331 g/mol. The highest BCUT2D eigenvalue weighted by molar-refractivity contribution is 7.10. The Morgan fingerprint density at radius 1 is 1.45 bits per heavy atom. The number of hydrogen-bond donors (Lipinski definition) is 2. The van der Waals surface area contributed by atoms with Crippen LogP contribution in [0.4, 0.5) is 8.78 Å². The van der Waals surface area contributed by atoms with Gasteiger partial charge in [-0.3, -0.25) is 14.3 Å². The van der Waals surface area contributed by atoms with Crippen LogP contribution in [0.15, 0.2) is 20.8 Å². The SMILES string of the molecule is CC(C)(C)C(NC(=O)c1ccsc1C(F)F)c1noc(=O)[nH]1. The fourth-order valence-electron chi connectivity index (χ4n) is 1.95. The molecule has 2 heterocycles. The lowest BCUT2D eigenvalue weighted by atomic mass is 9.86. The van der Waals surface area contributed by atoms with Crippen molar-refractivity contribution in [2.75, 3.05) is 0 Å². The third kappa shape index (κ3) is 3.41. The van der Waals surface area contributed by atoms with E-state index < -0.39 is 29.5 Å². The maximum Gasteiger partial charge on any atom is 0.438 e. The number of carbonyl (C=O) groups excluding carboxylic acids is 1. The molecule has 0 saturated carbocycles. The molecule has 0 aliphatic rings. The summed E-state index contributed by atoms with van der Waals surface area (Å²) in [6, 6.07) is 0.643. The summed E-state index contributed by atoms with van der Waals surface area (Å²) in [6.45, 7) is 5.44. The number of aromatic nitrogens is 2. The topological polar surface area (TPSA) is 88.0 Å². The highest BCUT2D eigenvalue weighted by atomic mass is 32.1. The predicted octanol–water partition coefficient (Wildman–Crippen LogP) is 2.88. The van der Waals surface area contributed by atoms with Gasteiger partial charge < -0.3 is 5.32 Å². The van der Waals surface area contributed by atoms with Crippen LogP contribution >= 0.6 is 11.3 Å². The zero-order chi connectivity index (χ0) is 16.5. The molecule has 0 fully saturated rings. The molecule has 6 nitrogen and oxygen atoms in total. The van der Waals surface area contributed by atoms with Gasteiger partial charge in [0.25, 0.3) is 12.3 Å². The number of nitrogens with zero attached hydrogens (tertiary/aromatic N) is 1. The standard InChI is InChI=1S/C13H15F2N3O3S/c1-13(2,3)8(10-17-12(20)21-18-10)16-11(19)6-4-5-22-7(6)9(14)15/h4-5,8-9H,1-3H3,(H,16,19)(H,17,18,20). The monoisotopic (exact) mass is 331 g/mol. The molecule has 2 aromatic heterocycles. The van der Waals surface area contributed by atoms with E-state index in [2.05, 4.69) is 20.0 Å². The third-order valence-corrected chi connectivity index (χ3v) is 3.93. The highest BCUT2D eigenvalue weighted by Gasteiger charge is 2.32. The molecule has 0 saturated heterocycles. The average Bonchev–Trinajstić information content (AvgIpc) is 3.02. The molecule has 1 unspecified atom stereocenters. The van der Waals surface area contributed by atoms with Crippen LogP contribution in [-0.4, -0.2) is 16.0 Å². The number of hydrogen-bond acceptors (Lipinski definition) is 5. The van der Waals surface area contributed by atoms with E-state index in [1.54, 1.807) is 0 Å². The molecule has 1 amide bonds. The summed E-state index contributed by atoms with van der Waals surface area (Å²) in [5.74, 6) is -1.26. The van der Waals surface area contributed by atoms with Gasteiger partial charge in [-0.2, -0.15) is 0 Å². The fourth-order valence-corrected chi connectivity index (χ4v) is 2.69. The summed E-state index contributed by atoms with van der Waals surface area (Å²) in [5, 5.41) is 7.63. The Labute approximate surface area is 128 Å². The Balaban J connectivity index is 2.30. The van der Waals surface area contributed by atoms with Crippen LogP contribution in [0.2, 0.25) is 0 Å². The van der Waals surface area contributed by atoms with Crippen LogP contribution in [0.3, 0.4) is 0 Å². The van der Waals surface area contributed by atoms with Crippen LogP contribution in [-0.2, 0) is 0 Å². The Hall–Kier alpha value is -2.03. The molecular weight excluding hydrogens is 316 g/mol. The predicted molar refractivity (Wildman–Crippen MR) is 76.1 cm³/mol. The number of amides is 1. The van der Waals surface area contributed by atoms with Crippen molar-refractivity contribution in [1.82, 2.24) is 15.5 Å². The summed E-state index contributed by atoms with van der Waals surface area (Å²) in [5.41, 5.74) is -0.601. The molecule has 22 heavy (non-hydrogen) atoms. The first-order valence-electron chi connectivity index (χ1n) is 6.42. The van der Waals surface area contributed by atoms with Crippen molar-refractivity contribution in [3.05, 3.63) is 38.3 Å². The summed E-state index contributed by atoms with van der Waals surface area (Å²) in [6.07, 6.45) is -2.72. The maximum absolute atomic E-state index is 12.9. The van der Waals surface area contributed by atoms with Crippen molar-refractivity contribution in [3.8, 4) is 0 Å². The summed E-state index contributed by atoms with van der Waals surface area (Å²) >= 11 is 0.818. The van der Waals surface area contributed by atoms with Crippen molar-refractivity contribution in [2.45, 2.75) is 33.2 Å². The van der Waals surface area contributed by atoms with Gasteiger partial charge in [-0.1, -0.05) is 25.9 Å². The third-order valence-electron chi connectivity index (χ3n) is 3.01. The molecule has 0 spiro atoms. The van der Waals surface area contributed by atoms with Crippen LogP contribution in [0, 0.1) is 5.41 Å². The first kappa shape index (κ1) is 16.3. The molecule has 2 N–H and O–H groups in total. The molecule has 120 valence electrons. The van der Waals surface area contributed by atoms with E-state index in [0.29, 0.717) is 0 Å². The molecule has 0 aliphatic heterocycles. The van der Waals surface area contributed by atoms with Gasteiger partial charge in [0, 0.05) is 0 Å². The Morgan fingerprint density at radius 3 is 2.64 bits per heavy atom. The van der Waals surface area contributed by atoms with Gasteiger partial charge in [-0.05, 0) is 16.9 Å². The van der Waals surface area contributed by atoms with Gasteiger partial charge >= 0.3 is 5.76 Å². The lowest BCUT2D eigenvalue weighted by molar-refractivity contribution is 0.0885. The van der Waals surface area contributed by atoms with E-state index in [4.69, 9.17) is 0 Å². The van der Waals surface area contributed by atoms with Crippen LogP contribution < -0.4 is 11.1 Å². The number of nitrogens with one attached hydrogen (secondary N) is 2. The van der Waals surface area contributed by atoms with Gasteiger partial charge in [0.1, 0.15) is 0 Å². The van der Waals surface area contributed by atoms with Crippen molar-refractivity contribution in [3.63, 3.8) is 0 Å². The van der Waals surface area contributed by atoms with Crippen molar-refractivity contribution < 1.29 is 18.1 Å². The second-order valence-electron chi connectivity index (χ2n) is 5.75. The van der Waals surface area contributed by atoms with Gasteiger partial charge in [-0.25, -0.2) is 13.6 Å². The summed E-state index contributed by atoms with van der Waals surface area (Å²) in [7, 11) is 0. The van der Waals surface area contributed by atoms with Crippen molar-refractivity contribution in [1.29, 1.82) is 0 Å². The maximum atomic E-state index is 12.9. The quantitative estimate of drug-likeness (QED) is 0.902. The minimum Gasteiger partial charge on any atom is -0.341 e. The molecule has 2 rings (SSSR count). The summed E-state index contributed by atoms with van der Waals surface area (Å²) in [4.78, 5) is 25.4. The van der Waals surface area contributed by atoms with Crippen LogP contribution in [0.1, 0.15) is 54.3 Å². The number of H-pyrrole nitrogens is 1. The molecule has 0 aliphatic carbocycles. The minimum atomic E-state index is -2.72.